The van der Waals surface area contributed by atoms with Crippen molar-refractivity contribution in [1.82, 2.24) is 15.0 Å². The molecule has 21 heavy (non-hydrogen) atoms. The first kappa shape index (κ1) is 13.8. The molecule has 1 aliphatic carbocycles. The van der Waals surface area contributed by atoms with Crippen LogP contribution in [0.2, 0.25) is 0 Å². The zero-order valence-corrected chi connectivity index (χ0v) is 11.8. The summed E-state index contributed by atoms with van der Waals surface area (Å²) in [5, 5.41) is 10.6. The van der Waals surface area contributed by atoms with Crippen molar-refractivity contribution in [2.75, 3.05) is 5.32 Å². The van der Waals surface area contributed by atoms with Gasteiger partial charge in [-0.15, -0.1) is 5.10 Å². The van der Waals surface area contributed by atoms with E-state index < -0.39 is 0 Å². The molecule has 2 aromatic rings. The van der Waals surface area contributed by atoms with Gasteiger partial charge >= 0.3 is 0 Å². The maximum absolute atomic E-state index is 12.0. The molecule has 1 amide bonds. The van der Waals surface area contributed by atoms with Crippen molar-refractivity contribution >= 4 is 11.6 Å². The second kappa shape index (κ2) is 6.05. The highest BCUT2D eigenvalue weighted by molar-refractivity contribution is 5.91. The smallest absolute Gasteiger partial charge is 0.224 e. The third-order valence-electron chi connectivity index (χ3n) is 4.00. The molecule has 0 unspecified atom stereocenters. The summed E-state index contributed by atoms with van der Waals surface area (Å²) < 4.78 is 1.67. The van der Waals surface area contributed by atoms with Crippen molar-refractivity contribution in [2.24, 2.45) is 11.7 Å². The van der Waals surface area contributed by atoms with E-state index in [2.05, 4.69) is 15.6 Å². The van der Waals surface area contributed by atoms with Gasteiger partial charge in [0.25, 0.3) is 0 Å². The van der Waals surface area contributed by atoms with Gasteiger partial charge in [-0.2, -0.15) is 0 Å². The van der Waals surface area contributed by atoms with E-state index in [0.717, 1.165) is 30.6 Å². The molecule has 6 heteroatoms. The highest BCUT2D eigenvalue weighted by atomic mass is 16.1. The van der Waals surface area contributed by atoms with Gasteiger partial charge < -0.3 is 11.1 Å². The summed E-state index contributed by atoms with van der Waals surface area (Å²) in [6.45, 7) is 0. The summed E-state index contributed by atoms with van der Waals surface area (Å²) in [6, 6.07) is 7.69. The van der Waals surface area contributed by atoms with Crippen molar-refractivity contribution in [1.29, 1.82) is 0 Å². The highest BCUT2D eigenvalue weighted by Gasteiger charge is 2.25. The second-order valence-electron chi connectivity index (χ2n) is 5.50. The average Bonchev–Trinajstić information content (AvgIpc) is 3.12. The summed E-state index contributed by atoms with van der Waals surface area (Å²) >= 11 is 0. The third-order valence-corrected chi connectivity index (χ3v) is 4.00. The van der Waals surface area contributed by atoms with E-state index in [0.29, 0.717) is 12.3 Å². The molecule has 1 heterocycles. The Labute approximate surface area is 123 Å². The lowest BCUT2D eigenvalue weighted by atomic mass is 10.00. The molecular weight excluding hydrogens is 266 g/mol. The maximum Gasteiger partial charge on any atom is 0.224 e. The number of anilines is 1. The number of nitrogens with zero attached hydrogens (tertiary/aromatic N) is 3. The van der Waals surface area contributed by atoms with Gasteiger partial charge in [0, 0.05) is 18.2 Å². The van der Waals surface area contributed by atoms with Crippen LogP contribution < -0.4 is 11.1 Å². The Morgan fingerprint density at radius 3 is 2.76 bits per heavy atom. The Kier molecular flexibility index (Phi) is 3.96. The summed E-state index contributed by atoms with van der Waals surface area (Å²) in [6.07, 6.45) is 7.12. The fourth-order valence-electron chi connectivity index (χ4n) is 2.81. The number of carbonyl (C=O) groups excluding carboxylic acids is 1. The summed E-state index contributed by atoms with van der Waals surface area (Å²) in [7, 11) is 0. The molecule has 0 saturated heterocycles. The van der Waals surface area contributed by atoms with Crippen molar-refractivity contribution in [3.05, 3.63) is 36.7 Å². The number of amides is 1. The minimum absolute atomic E-state index is 0.0332. The number of hydrogen-bond donors (Lipinski definition) is 2. The SMILES string of the molecule is N[C@@H]1CCC[C@H]1CC(=O)Nc1ccc(-n2ccnn2)cc1. The molecule has 0 radical (unpaired) electrons. The summed E-state index contributed by atoms with van der Waals surface area (Å²) in [5.74, 6) is 0.352. The number of nitrogens with one attached hydrogen (secondary N) is 1. The Morgan fingerprint density at radius 2 is 2.14 bits per heavy atom. The van der Waals surface area contributed by atoms with Gasteiger partial charge in [-0.1, -0.05) is 11.6 Å². The molecule has 2 atom stereocenters. The molecule has 1 aromatic heterocycles. The van der Waals surface area contributed by atoms with Crippen LogP contribution >= 0.6 is 0 Å². The standard InChI is InChI=1S/C15H19N5O/c16-14-3-1-2-11(14)10-15(21)18-12-4-6-13(7-5-12)20-9-8-17-19-20/h4-9,11,14H,1-3,10,16H2,(H,18,21)/t11-,14+/m0/s1. The van der Waals surface area contributed by atoms with Gasteiger partial charge in [0.1, 0.15) is 0 Å². The molecule has 0 aliphatic heterocycles. The largest absolute Gasteiger partial charge is 0.327 e. The fourth-order valence-corrected chi connectivity index (χ4v) is 2.81. The van der Waals surface area contributed by atoms with Crippen molar-refractivity contribution in [3.8, 4) is 5.69 Å². The molecule has 1 fully saturated rings. The number of carbonyl (C=O) groups is 1. The fraction of sp³-hybridized carbons (Fsp3) is 0.400. The first-order chi connectivity index (χ1) is 10.2. The quantitative estimate of drug-likeness (QED) is 0.895. The van der Waals surface area contributed by atoms with E-state index in [1.165, 1.54) is 0 Å². The Hall–Kier alpha value is -2.21. The number of rotatable bonds is 4. The lowest BCUT2D eigenvalue weighted by Crippen LogP contribution is -2.28. The normalized spacial score (nSPS) is 21.4. The van der Waals surface area contributed by atoms with Gasteiger partial charge in [0.2, 0.25) is 5.91 Å². The van der Waals surface area contributed by atoms with Gasteiger partial charge in [0.05, 0.1) is 18.1 Å². The zero-order valence-electron chi connectivity index (χ0n) is 11.8. The molecule has 3 N–H and O–H groups in total. The van der Waals surface area contributed by atoms with Gasteiger partial charge in [-0.3, -0.25) is 4.79 Å². The average molecular weight is 285 g/mol. The third kappa shape index (κ3) is 3.28. The van der Waals surface area contributed by atoms with E-state index >= 15 is 0 Å². The monoisotopic (exact) mass is 285 g/mol. The molecule has 1 aliphatic rings. The number of benzene rings is 1. The van der Waals surface area contributed by atoms with Gasteiger partial charge in [0.15, 0.2) is 0 Å². The zero-order chi connectivity index (χ0) is 14.7. The van der Waals surface area contributed by atoms with Crippen LogP contribution in [0.25, 0.3) is 5.69 Å². The number of nitrogens with two attached hydrogens (primary N) is 1. The first-order valence-electron chi connectivity index (χ1n) is 7.24. The van der Waals surface area contributed by atoms with Gasteiger partial charge in [-0.05, 0) is 43.0 Å². The van der Waals surface area contributed by atoms with Crippen LogP contribution in [-0.4, -0.2) is 26.9 Å². The Morgan fingerprint density at radius 1 is 1.33 bits per heavy atom. The predicted molar refractivity (Wildman–Crippen MR) is 79.9 cm³/mol. The van der Waals surface area contributed by atoms with Crippen molar-refractivity contribution in [2.45, 2.75) is 31.7 Å². The lowest BCUT2D eigenvalue weighted by molar-refractivity contribution is -0.117. The van der Waals surface area contributed by atoms with Crippen LogP contribution in [0.15, 0.2) is 36.7 Å². The maximum atomic E-state index is 12.0. The number of aromatic nitrogens is 3. The molecule has 110 valence electrons. The predicted octanol–water partition coefficient (Wildman–Crippen LogP) is 1.72. The van der Waals surface area contributed by atoms with Crippen LogP contribution in [0.4, 0.5) is 5.69 Å². The van der Waals surface area contributed by atoms with Crippen LogP contribution in [0.5, 0.6) is 0 Å². The molecule has 3 rings (SSSR count). The molecule has 0 spiro atoms. The van der Waals surface area contributed by atoms with E-state index in [9.17, 15) is 4.79 Å². The minimum atomic E-state index is 0.0332. The van der Waals surface area contributed by atoms with E-state index in [1.807, 2.05) is 24.3 Å². The first-order valence-corrected chi connectivity index (χ1v) is 7.24. The topological polar surface area (TPSA) is 85.8 Å². The molecule has 6 nitrogen and oxygen atoms in total. The van der Waals surface area contributed by atoms with Crippen LogP contribution in [0.3, 0.4) is 0 Å². The van der Waals surface area contributed by atoms with E-state index in [1.54, 1.807) is 17.1 Å². The van der Waals surface area contributed by atoms with Crippen LogP contribution in [-0.2, 0) is 4.79 Å². The van der Waals surface area contributed by atoms with Crippen molar-refractivity contribution < 1.29 is 4.79 Å². The highest BCUT2D eigenvalue weighted by Crippen LogP contribution is 2.27. The summed E-state index contributed by atoms with van der Waals surface area (Å²) in [4.78, 5) is 12.0. The van der Waals surface area contributed by atoms with Gasteiger partial charge in [-0.25, -0.2) is 4.68 Å². The molecule has 1 aromatic carbocycles. The second-order valence-corrected chi connectivity index (χ2v) is 5.50. The Balaban J connectivity index is 1.58. The molecule has 1 saturated carbocycles. The minimum Gasteiger partial charge on any atom is -0.327 e. The van der Waals surface area contributed by atoms with Crippen LogP contribution in [0, 0.1) is 5.92 Å². The van der Waals surface area contributed by atoms with E-state index in [4.69, 9.17) is 5.73 Å². The van der Waals surface area contributed by atoms with Crippen molar-refractivity contribution in [3.63, 3.8) is 0 Å². The molecular formula is C15H19N5O. The Bertz CT molecular complexity index is 593. The lowest BCUT2D eigenvalue weighted by Gasteiger charge is -2.14. The number of hydrogen-bond acceptors (Lipinski definition) is 4. The van der Waals surface area contributed by atoms with E-state index in [-0.39, 0.29) is 11.9 Å². The molecule has 0 bridgehead atoms. The van der Waals surface area contributed by atoms with Crippen LogP contribution in [0.1, 0.15) is 25.7 Å². The summed E-state index contributed by atoms with van der Waals surface area (Å²) in [5.41, 5.74) is 7.69.